The second kappa shape index (κ2) is 15.0. The Bertz CT molecular complexity index is 1330. The minimum atomic E-state index is -0.149. The van der Waals surface area contributed by atoms with Crippen molar-refractivity contribution < 1.29 is 42.8 Å². The molecule has 1 fully saturated rings. The number of likely N-dealkylation sites (tertiary alicyclic amines) is 1. The zero-order valence-electron chi connectivity index (χ0n) is 23.6. The van der Waals surface area contributed by atoms with Crippen LogP contribution in [0.25, 0.3) is 12.2 Å². The van der Waals surface area contributed by atoms with E-state index in [9.17, 15) is 9.59 Å². The molecule has 41 heavy (non-hydrogen) atoms. The van der Waals surface area contributed by atoms with Gasteiger partial charge in [-0.1, -0.05) is 47.5 Å². The van der Waals surface area contributed by atoms with Gasteiger partial charge in [-0.05, 0) is 85.7 Å². The van der Waals surface area contributed by atoms with Gasteiger partial charge in [0.15, 0.2) is 5.78 Å². The molecule has 3 aromatic rings. The molecular formula is C33H35Cl2IN2O3. The van der Waals surface area contributed by atoms with Gasteiger partial charge in [0.25, 0.3) is 5.91 Å². The zero-order chi connectivity index (χ0) is 28.7. The summed E-state index contributed by atoms with van der Waals surface area (Å²) in [7, 11) is 2.22. The summed E-state index contributed by atoms with van der Waals surface area (Å²) in [5, 5.41) is 1.24. The molecule has 0 unspecified atom stereocenters. The summed E-state index contributed by atoms with van der Waals surface area (Å²) in [6, 6.07) is 21.8. The van der Waals surface area contributed by atoms with Crippen molar-refractivity contribution in [3.05, 3.63) is 111 Å². The van der Waals surface area contributed by atoms with Gasteiger partial charge >= 0.3 is 0 Å². The van der Waals surface area contributed by atoms with Crippen molar-refractivity contribution in [3.63, 3.8) is 0 Å². The fourth-order valence-corrected chi connectivity index (χ4v) is 4.76. The number of Topliss-reactive ketones (excluding diaryl/α,β-unsaturated/α-hetero) is 1. The first kappa shape index (κ1) is 32.9. The minimum Gasteiger partial charge on any atom is -1.00 e. The monoisotopic (exact) mass is 704 g/mol. The van der Waals surface area contributed by atoms with Gasteiger partial charge in [0.2, 0.25) is 0 Å². The average Bonchev–Trinajstić information content (AvgIpc) is 2.97. The Balaban J connectivity index is 0.00000462. The summed E-state index contributed by atoms with van der Waals surface area (Å²) in [6.07, 6.45) is 3.65. The Morgan fingerprint density at radius 2 is 1.29 bits per heavy atom. The highest BCUT2D eigenvalue weighted by molar-refractivity contribution is 6.31. The number of likely N-dealkylation sites (N-methyl/N-ethyl adjacent to an activating group) is 1. The summed E-state index contributed by atoms with van der Waals surface area (Å²) < 4.78 is 6.91. The highest BCUT2D eigenvalue weighted by atomic mass is 127. The van der Waals surface area contributed by atoms with Crippen LogP contribution in [0.3, 0.4) is 0 Å². The smallest absolute Gasteiger partial charge is 0.254 e. The Labute approximate surface area is 270 Å². The van der Waals surface area contributed by atoms with Crippen molar-refractivity contribution in [2.75, 3.05) is 46.4 Å². The number of hydrogen-bond acceptors (Lipinski definition) is 3. The van der Waals surface area contributed by atoms with Crippen LogP contribution in [-0.2, 0) is 4.79 Å². The van der Waals surface area contributed by atoms with E-state index in [0.29, 0.717) is 33.4 Å². The molecule has 4 rings (SSSR count). The number of nitrogens with zero attached hydrogens (tertiary/aromatic N) is 2. The van der Waals surface area contributed by atoms with Crippen molar-refractivity contribution in [1.82, 2.24) is 4.90 Å². The summed E-state index contributed by atoms with van der Waals surface area (Å²) in [5.74, 6) is 0.502. The van der Waals surface area contributed by atoms with E-state index in [4.69, 9.17) is 27.9 Å². The lowest BCUT2D eigenvalue weighted by Gasteiger charge is -2.31. The number of carbonyl (C=O) groups is 2. The van der Waals surface area contributed by atoms with Crippen molar-refractivity contribution in [3.8, 4) is 5.75 Å². The molecule has 8 heteroatoms. The maximum Gasteiger partial charge on any atom is 0.254 e. The SMILES string of the molecule is CC[N+](C)(CC)CCOc1ccc(C(=O)N2C/C(=C\c3ccc(Cl)cc3)C(=O)/C(=C/c3ccc(Cl)cc3)C2)cc1.[I-]. The molecule has 1 heterocycles. The summed E-state index contributed by atoms with van der Waals surface area (Å²) in [6.45, 7) is 8.41. The van der Waals surface area contributed by atoms with Crippen LogP contribution < -0.4 is 28.7 Å². The van der Waals surface area contributed by atoms with Crippen LogP contribution in [0.4, 0.5) is 0 Å². The number of piperidine rings is 1. The number of ketones is 1. The quantitative estimate of drug-likeness (QED) is 0.192. The summed E-state index contributed by atoms with van der Waals surface area (Å²) >= 11 is 12.1. The molecule has 0 spiro atoms. The Hall–Kier alpha value is -2.65. The first-order valence-electron chi connectivity index (χ1n) is 13.5. The van der Waals surface area contributed by atoms with E-state index in [1.54, 1.807) is 41.3 Å². The van der Waals surface area contributed by atoms with Gasteiger partial charge < -0.3 is 38.1 Å². The van der Waals surface area contributed by atoms with E-state index in [2.05, 4.69) is 20.9 Å². The van der Waals surface area contributed by atoms with Crippen LogP contribution >= 0.6 is 23.2 Å². The molecule has 216 valence electrons. The van der Waals surface area contributed by atoms with Gasteiger partial charge in [-0.25, -0.2) is 0 Å². The predicted molar refractivity (Wildman–Crippen MR) is 164 cm³/mol. The summed E-state index contributed by atoms with van der Waals surface area (Å²) in [4.78, 5) is 28.8. The lowest BCUT2D eigenvalue weighted by atomic mass is 9.93. The van der Waals surface area contributed by atoms with Crippen LogP contribution in [0.1, 0.15) is 35.3 Å². The number of benzene rings is 3. The summed E-state index contributed by atoms with van der Waals surface area (Å²) in [5.41, 5.74) is 3.30. The van der Waals surface area contributed by atoms with Gasteiger partial charge in [0.1, 0.15) is 18.9 Å². The number of ether oxygens (including phenoxy) is 1. The van der Waals surface area contributed by atoms with Crippen LogP contribution in [0.2, 0.25) is 10.0 Å². The Morgan fingerprint density at radius 1 is 0.829 bits per heavy atom. The number of rotatable bonds is 9. The molecule has 1 saturated heterocycles. The molecular weight excluding hydrogens is 670 g/mol. The maximum atomic E-state index is 13.6. The average molecular weight is 705 g/mol. The van der Waals surface area contributed by atoms with E-state index in [0.717, 1.165) is 41.0 Å². The molecule has 0 aliphatic carbocycles. The minimum absolute atomic E-state index is 0. The number of hydrogen-bond donors (Lipinski definition) is 0. The van der Waals surface area contributed by atoms with E-state index in [1.165, 1.54) is 0 Å². The van der Waals surface area contributed by atoms with Gasteiger partial charge in [-0.2, -0.15) is 0 Å². The zero-order valence-corrected chi connectivity index (χ0v) is 27.2. The number of halogens is 3. The fraction of sp³-hybridized carbons (Fsp3) is 0.273. The number of amides is 1. The molecule has 1 aliphatic rings. The maximum absolute atomic E-state index is 13.6. The van der Waals surface area contributed by atoms with Gasteiger partial charge in [-0.3, -0.25) is 9.59 Å². The highest BCUT2D eigenvalue weighted by Crippen LogP contribution is 2.25. The lowest BCUT2D eigenvalue weighted by molar-refractivity contribution is -0.906. The molecule has 0 bridgehead atoms. The molecule has 0 saturated carbocycles. The highest BCUT2D eigenvalue weighted by Gasteiger charge is 2.29. The molecule has 1 amide bonds. The van der Waals surface area contributed by atoms with Gasteiger partial charge in [0, 0.05) is 26.8 Å². The van der Waals surface area contributed by atoms with Gasteiger partial charge in [-0.15, -0.1) is 0 Å². The van der Waals surface area contributed by atoms with Crippen LogP contribution in [0.15, 0.2) is 83.9 Å². The topological polar surface area (TPSA) is 46.6 Å². The van der Waals surface area contributed by atoms with E-state index >= 15 is 0 Å². The lowest BCUT2D eigenvalue weighted by Crippen LogP contribution is -3.00. The second-order valence-electron chi connectivity index (χ2n) is 10.3. The third-order valence-electron chi connectivity index (χ3n) is 7.54. The Kier molecular flexibility index (Phi) is 12.0. The molecule has 5 nitrogen and oxygen atoms in total. The third kappa shape index (κ3) is 8.92. The fourth-order valence-electron chi connectivity index (χ4n) is 4.50. The van der Waals surface area contributed by atoms with Crippen molar-refractivity contribution in [2.45, 2.75) is 13.8 Å². The Morgan fingerprint density at radius 3 is 1.73 bits per heavy atom. The molecule has 0 N–H and O–H groups in total. The van der Waals surface area contributed by atoms with E-state index in [1.807, 2.05) is 48.6 Å². The van der Waals surface area contributed by atoms with E-state index in [-0.39, 0.29) is 48.8 Å². The van der Waals surface area contributed by atoms with Crippen molar-refractivity contribution >= 4 is 47.0 Å². The molecule has 0 atom stereocenters. The van der Waals surface area contributed by atoms with Crippen LogP contribution in [0.5, 0.6) is 5.75 Å². The van der Waals surface area contributed by atoms with Crippen LogP contribution in [-0.4, -0.2) is 67.5 Å². The standard InChI is InChI=1S/C33H35Cl2N2O3.HI/c1-4-37(3,5-2)18-19-40-31-16-10-26(11-17-31)33(39)36-22-27(20-24-6-12-29(34)13-7-24)32(38)28(23-36)21-25-8-14-30(35)15-9-25;/h6-17,20-21H,4-5,18-19,22-23H2,1-3H3;1H/q+1;/p-1/b27-20+,28-21+;. The van der Waals surface area contributed by atoms with Crippen LogP contribution in [0, 0.1) is 0 Å². The predicted octanol–water partition coefficient (Wildman–Crippen LogP) is 4.05. The molecule has 0 aromatic heterocycles. The molecule has 1 aliphatic heterocycles. The third-order valence-corrected chi connectivity index (χ3v) is 8.05. The number of quaternary nitrogens is 1. The second-order valence-corrected chi connectivity index (χ2v) is 11.2. The van der Waals surface area contributed by atoms with Gasteiger partial charge in [0.05, 0.1) is 33.2 Å². The molecule has 0 radical (unpaired) electrons. The largest absolute Gasteiger partial charge is 1.00 e. The first-order valence-corrected chi connectivity index (χ1v) is 14.3. The molecule has 3 aromatic carbocycles. The van der Waals surface area contributed by atoms with Crippen molar-refractivity contribution in [2.24, 2.45) is 0 Å². The van der Waals surface area contributed by atoms with Crippen molar-refractivity contribution in [1.29, 1.82) is 0 Å². The number of carbonyl (C=O) groups excluding carboxylic acids is 2. The normalized spacial score (nSPS) is 15.6. The first-order chi connectivity index (χ1) is 19.2. The van der Waals surface area contributed by atoms with E-state index < -0.39 is 0 Å².